The summed E-state index contributed by atoms with van der Waals surface area (Å²) in [5.41, 5.74) is 8.43. The molecule has 2 heterocycles. The second kappa shape index (κ2) is 7.52. The number of nitrogens with zero attached hydrogens (tertiary/aromatic N) is 2. The molecule has 2 aliphatic rings. The van der Waals surface area contributed by atoms with Gasteiger partial charge in [0.05, 0.1) is 18.1 Å². The van der Waals surface area contributed by atoms with Gasteiger partial charge in [0.15, 0.2) is 0 Å². The predicted octanol–water partition coefficient (Wildman–Crippen LogP) is 2.93. The highest BCUT2D eigenvalue weighted by atomic mass is 16.5. The Kier molecular flexibility index (Phi) is 5.17. The van der Waals surface area contributed by atoms with Gasteiger partial charge in [0, 0.05) is 18.8 Å². The van der Waals surface area contributed by atoms with Gasteiger partial charge >= 0.3 is 5.97 Å². The molecule has 0 aromatic heterocycles. The summed E-state index contributed by atoms with van der Waals surface area (Å²) in [5, 5.41) is 9.59. The summed E-state index contributed by atoms with van der Waals surface area (Å²) in [6.07, 6.45) is 2.41. The van der Waals surface area contributed by atoms with E-state index in [4.69, 9.17) is 15.2 Å². The molecule has 1 fully saturated rings. The third kappa shape index (κ3) is 3.25. The Bertz CT molecular complexity index is 797. The molecule has 1 unspecified atom stereocenters. The zero-order valence-electron chi connectivity index (χ0n) is 15.1. The molecule has 26 heavy (non-hydrogen) atoms. The lowest BCUT2D eigenvalue weighted by atomic mass is 9.83. The first-order valence-corrected chi connectivity index (χ1v) is 8.87. The molecular formula is C20H23N3O3. The Morgan fingerprint density at radius 3 is 2.58 bits per heavy atom. The molecule has 2 N–H and O–H groups in total. The number of carbonyl (C=O) groups is 1. The van der Waals surface area contributed by atoms with Crippen LogP contribution < -0.4 is 10.6 Å². The Morgan fingerprint density at radius 1 is 1.35 bits per heavy atom. The van der Waals surface area contributed by atoms with Crippen molar-refractivity contribution in [2.24, 2.45) is 5.73 Å². The van der Waals surface area contributed by atoms with E-state index in [2.05, 4.69) is 11.0 Å². The summed E-state index contributed by atoms with van der Waals surface area (Å²) in [7, 11) is 0. The van der Waals surface area contributed by atoms with Crippen molar-refractivity contribution in [2.75, 3.05) is 24.6 Å². The number of hydrogen-bond donors (Lipinski definition) is 1. The summed E-state index contributed by atoms with van der Waals surface area (Å²) in [6, 6.07) is 10.0. The van der Waals surface area contributed by atoms with Crippen molar-refractivity contribution in [3.8, 4) is 6.07 Å². The number of nitrogens with two attached hydrogens (primary N) is 1. The first-order chi connectivity index (χ1) is 12.6. The molecule has 0 saturated carbocycles. The quantitative estimate of drug-likeness (QED) is 0.837. The molecule has 0 radical (unpaired) electrons. The maximum Gasteiger partial charge on any atom is 0.338 e. The topological polar surface area (TPSA) is 88.6 Å². The van der Waals surface area contributed by atoms with Crippen molar-refractivity contribution >= 4 is 11.7 Å². The largest absolute Gasteiger partial charge is 0.463 e. The van der Waals surface area contributed by atoms with Crippen LogP contribution in [0.5, 0.6) is 0 Å². The number of rotatable bonds is 4. The molecule has 0 bridgehead atoms. The number of nitriles is 1. The predicted molar refractivity (Wildman–Crippen MR) is 97.9 cm³/mol. The van der Waals surface area contributed by atoms with Crippen LogP contribution in [-0.4, -0.2) is 25.7 Å². The van der Waals surface area contributed by atoms with Crippen LogP contribution in [0.4, 0.5) is 5.69 Å². The fraction of sp³-hybridized carbons (Fsp3) is 0.400. The van der Waals surface area contributed by atoms with E-state index in [9.17, 15) is 10.1 Å². The van der Waals surface area contributed by atoms with Gasteiger partial charge in [0.25, 0.3) is 0 Å². The molecule has 0 spiro atoms. The molecule has 3 rings (SSSR count). The molecule has 0 amide bonds. The zero-order chi connectivity index (χ0) is 18.7. The lowest BCUT2D eigenvalue weighted by molar-refractivity contribution is -0.139. The summed E-state index contributed by atoms with van der Waals surface area (Å²) >= 11 is 0. The number of benzene rings is 1. The first-order valence-electron chi connectivity index (χ1n) is 8.87. The second-order valence-corrected chi connectivity index (χ2v) is 6.40. The number of allylic oxidation sites excluding steroid dienone is 2. The number of ether oxygens (including phenoxy) is 2. The van der Waals surface area contributed by atoms with E-state index in [1.54, 1.807) is 13.8 Å². The van der Waals surface area contributed by atoms with Gasteiger partial charge in [-0.2, -0.15) is 5.26 Å². The van der Waals surface area contributed by atoms with Crippen LogP contribution in [0.15, 0.2) is 47.1 Å². The highest BCUT2D eigenvalue weighted by Crippen LogP contribution is 2.40. The minimum Gasteiger partial charge on any atom is -0.463 e. The van der Waals surface area contributed by atoms with Crippen LogP contribution in [0.3, 0.4) is 0 Å². The summed E-state index contributed by atoms with van der Waals surface area (Å²) in [6.45, 7) is 5.77. The van der Waals surface area contributed by atoms with E-state index >= 15 is 0 Å². The highest BCUT2D eigenvalue weighted by Gasteiger charge is 2.36. The Hall–Kier alpha value is -2.94. The third-order valence-corrected chi connectivity index (χ3v) is 4.80. The summed E-state index contributed by atoms with van der Waals surface area (Å²) in [5.74, 6) is -0.667. The van der Waals surface area contributed by atoms with Crippen LogP contribution in [-0.2, 0) is 14.3 Å². The maximum atomic E-state index is 12.5. The van der Waals surface area contributed by atoms with Gasteiger partial charge in [-0.15, -0.1) is 0 Å². The second-order valence-electron chi connectivity index (χ2n) is 6.40. The Morgan fingerprint density at radius 2 is 2.00 bits per heavy atom. The average Bonchev–Trinajstić information content (AvgIpc) is 3.16. The van der Waals surface area contributed by atoms with Crippen molar-refractivity contribution in [1.82, 2.24) is 0 Å². The zero-order valence-corrected chi connectivity index (χ0v) is 15.1. The van der Waals surface area contributed by atoms with Crippen LogP contribution in [0, 0.1) is 11.3 Å². The molecule has 1 aromatic rings. The number of esters is 1. The van der Waals surface area contributed by atoms with Crippen LogP contribution in [0.1, 0.15) is 38.2 Å². The molecular weight excluding hydrogens is 330 g/mol. The Balaban J connectivity index is 2.00. The average molecular weight is 353 g/mol. The first kappa shape index (κ1) is 17.9. The fourth-order valence-electron chi connectivity index (χ4n) is 3.54. The molecule has 1 saturated heterocycles. The van der Waals surface area contributed by atoms with Gasteiger partial charge in [-0.3, -0.25) is 0 Å². The van der Waals surface area contributed by atoms with Gasteiger partial charge in [-0.1, -0.05) is 12.1 Å². The maximum absolute atomic E-state index is 12.5. The van der Waals surface area contributed by atoms with E-state index in [0.717, 1.165) is 24.3 Å². The van der Waals surface area contributed by atoms with Gasteiger partial charge in [-0.05, 0) is 44.4 Å². The number of hydrogen-bond acceptors (Lipinski definition) is 6. The summed E-state index contributed by atoms with van der Waals surface area (Å²) in [4.78, 5) is 14.8. The van der Waals surface area contributed by atoms with Crippen LogP contribution in [0.25, 0.3) is 0 Å². The van der Waals surface area contributed by atoms with E-state index in [1.165, 1.54) is 12.8 Å². The van der Waals surface area contributed by atoms with Gasteiger partial charge in [-0.25, -0.2) is 4.79 Å². The summed E-state index contributed by atoms with van der Waals surface area (Å²) < 4.78 is 10.6. The molecule has 1 atom stereocenters. The SMILES string of the molecule is CCOC(=O)C1=C(C)OC(N)=C(C#N)C1c1ccc(N2CCCC2)cc1. The van der Waals surface area contributed by atoms with Gasteiger partial charge < -0.3 is 20.1 Å². The lowest BCUT2D eigenvalue weighted by Crippen LogP contribution is -2.25. The normalized spacial score (nSPS) is 20.0. The molecule has 1 aromatic carbocycles. The Labute approximate surface area is 153 Å². The standard InChI is InChI=1S/C20H23N3O3/c1-3-25-20(24)17-13(2)26-19(22)16(12-21)18(17)14-6-8-15(9-7-14)23-10-4-5-11-23/h6-9,18H,3-5,10-11,22H2,1-2H3. The van der Waals surface area contributed by atoms with Crippen molar-refractivity contribution < 1.29 is 14.3 Å². The van der Waals surface area contributed by atoms with Gasteiger partial charge in [0.2, 0.25) is 5.88 Å². The minimum absolute atomic E-state index is 0.0340. The molecule has 2 aliphatic heterocycles. The van der Waals surface area contributed by atoms with E-state index in [0.29, 0.717) is 11.3 Å². The molecule has 136 valence electrons. The highest BCUT2D eigenvalue weighted by molar-refractivity contribution is 5.92. The van der Waals surface area contributed by atoms with Crippen molar-refractivity contribution in [2.45, 2.75) is 32.6 Å². The third-order valence-electron chi connectivity index (χ3n) is 4.80. The minimum atomic E-state index is -0.583. The fourth-order valence-corrected chi connectivity index (χ4v) is 3.54. The van der Waals surface area contributed by atoms with Crippen molar-refractivity contribution in [3.63, 3.8) is 0 Å². The van der Waals surface area contributed by atoms with Crippen LogP contribution in [0.2, 0.25) is 0 Å². The van der Waals surface area contributed by atoms with E-state index in [-0.39, 0.29) is 18.1 Å². The molecule has 6 heteroatoms. The van der Waals surface area contributed by atoms with Crippen molar-refractivity contribution in [3.05, 3.63) is 52.6 Å². The van der Waals surface area contributed by atoms with E-state index in [1.807, 2.05) is 24.3 Å². The van der Waals surface area contributed by atoms with Gasteiger partial charge in [0.1, 0.15) is 17.4 Å². The van der Waals surface area contributed by atoms with Crippen molar-refractivity contribution in [1.29, 1.82) is 5.26 Å². The smallest absolute Gasteiger partial charge is 0.338 e. The number of anilines is 1. The molecule has 6 nitrogen and oxygen atoms in total. The lowest BCUT2D eigenvalue weighted by Gasteiger charge is -2.27. The van der Waals surface area contributed by atoms with E-state index < -0.39 is 11.9 Å². The van der Waals surface area contributed by atoms with Crippen LogP contribution >= 0.6 is 0 Å². The monoisotopic (exact) mass is 353 g/mol. The number of carbonyl (C=O) groups excluding carboxylic acids is 1. The molecule has 0 aliphatic carbocycles.